The number of amides is 1. The quantitative estimate of drug-likeness (QED) is 0.719. The number of rotatable bonds is 2. The van der Waals surface area contributed by atoms with Gasteiger partial charge < -0.3 is 9.80 Å². The number of fused-ring (bicyclic) bond motifs is 1. The van der Waals surface area contributed by atoms with Crippen LogP contribution in [0.25, 0.3) is 5.69 Å². The van der Waals surface area contributed by atoms with Crippen LogP contribution in [0.3, 0.4) is 0 Å². The molecule has 9 nitrogen and oxygen atoms in total. The Morgan fingerprint density at radius 2 is 1.96 bits per heavy atom. The number of hydrogen-bond donors (Lipinski definition) is 1. The highest BCUT2D eigenvalue weighted by Gasteiger charge is 2.23. The highest BCUT2D eigenvalue weighted by Crippen LogP contribution is 2.22. The average molecular weight is 351 g/mol. The highest BCUT2D eigenvalue weighted by molar-refractivity contribution is 5.94. The molecule has 9 heteroatoms. The Morgan fingerprint density at radius 3 is 2.69 bits per heavy atom. The molecule has 0 aliphatic carbocycles. The lowest BCUT2D eigenvalue weighted by Gasteiger charge is -2.21. The number of carbonyl (C=O) groups is 1. The molecule has 0 unspecified atom stereocenters. The van der Waals surface area contributed by atoms with Crippen molar-refractivity contribution in [2.45, 2.75) is 6.54 Å². The summed E-state index contributed by atoms with van der Waals surface area (Å²) in [5.74, 6) is 0.845. The predicted molar refractivity (Wildman–Crippen MR) is 94.2 cm³/mol. The second kappa shape index (κ2) is 6.43. The van der Waals surface area contributed by atoms with Gasteiger partial charge in [0, 0.05) is 44.0 Å². The number of pyridine rings is 1. The number of nitrogens with one attached hydrogen (secondary N) is 1. The van der Waals surface area contributed by atoms with E-state index in [1.807, 2.05) is 19.2 Å². The first-order chi connectivity index (χ1) is 12.6. The fraction of sp³-hybridized carbons (Fsp3) is 0.235. The number of benzene rings is 1. The van der Waals surface area contributed by atoms with E-state index in [9.17, 15) is 9.59 Å². The van der Waals surface area contributed by atoms with E-state index < -0.39 is 5.69 Å². The summed E-state index contributed by atoms with van der Waals surface area (Å²) in [6.45, 7) is 1.83. The van der Waals surface area contributed by atoms with Crippen molar-refractivity contribution in [2.75, 3.05) is 25.0 Å². The van der Waals surface area contributed by atoms with E-state index in [0.717, 1.165) is 16.1 Å². The minimum absolute atomic E-state index is 0.0610. The van der Waals surface area contributed by atoms with Crippen LogP contribution in [0.1, 0.15) is 15.9 Å². The third-order valence-corrected chi connectivity index (χ3v) is 4.41. The maximum absolute atomic E-state index is 12.9. The van der Waals surface area contributed by atoms with Gasteiger partial charge in [-0.3, -0.25) is 4.79 Å². The van der Waals surface area contributed by atoms with Crippen molar-refractivity contribution >= 4 is 11.7 Å². The molecule has 0 spiro atoms. The predicted octanol–water partition coefficient (Wildman–Crippen LogP) is 0.443. The van der Waals surface area contributed by atoms with Crippen LogP contribution in [0.15, 0.2) is 47.4 Å². The van der Waals surface area contributed by atoms with Gasteiger partial charge in [0.05, 0.1) is 5.69 Å². The summed E-state index contributed by atoms with van der Waals surface area (Å²) in [5, 5.41) is 9.38. The first-order valence-corrected chi connectivity index (χ1v) is 8.18. The average Bonchev–Trinajstić information content (AvgIpc) is 3.02. The van der Waals surface area contributed by atoms with Crippen LogP contribution in [-0.4, -0.2) is 56.1 Å². The maximum atomic E-state index is 12.9. The standard InChI is InChI=1S/C17H17N7O2/c1-22-9-10-23(11-13-3-2-8-18-15(13)22)16(25)12-4-6-14(7-5-12)24-17(26)19-20-21-24/h2-8H,9-11H2,1H3,(H,19,21,26). The fourth-order valence-electron chi connectivity index (χ4n) is 3.03. The van der Waals surface area contributed by atoms with Gasteiger partial charge in [-0.1, -0.05) is 6.07 Å². The van der Waals surface area contributed by atoms with Crippen LogP contribution in [0, 0.1) is 0 Å². The molecule has 1 aliphatic rings. The molecule has 1 N–H and O–H groups in total. The number of hydrogen-bond acceptors (Lipinski definition) is 6. The number of carbonyl (C=O) groups excluding carboxylic acids is 1. The van der Waals surface area contributed by atoms with Gasteiger partial charge in [-0.2, -0.15) is 4.68 Å². The zero-order valence-corrected chi connectivity index (χ0v) is 14.2. The van der Waals surface area contributed by atoms with E-state index in [2.05, 4.69) is 25.4 Å². The zero-order chi connectivity index (χ0) is 18.1. The summed E-state index contributed by atoms with van der Waals surface area (Å²) >= 11 is 0. The first kappa shape index (κ1) is 16.0. The zero-order valence-electron chi connectivity index (χ0n) is 14.2. The van der Waals surface area contributed by atoms with Gasteiger partial charge in [-0.15, -0.1) is 0 Å². The monoisotopic (exact) mass is 351 g/mol. The van der Waals surface area contributed by atoms with Crippen molar-refractivity contribution in [3.63, 3.8) is 0 Å². The molecular weight excluding hydrogens is 334 g/mol. The molecule has 2 aromatic heterocycles. The molecule has 0 radical (unpaired) electrons. The molecule has 132 valence electrons. The summed E-state index contributed by atoms with van der Waals surface area (Å²) < 4.78 is 1.14. The van der Waals surface area contributed by atoms with Gasteiger partial charge in [-0.05, 0) is 40.8 Å². The van der Waals surface area contributed by atoms with Crippen LogP contribution in [0.4, 0.5) is 5.82 Å². The molecule has 1 amide bonds. The summed E-state index contributed by atoms with van der Waals surface area (Å²) in [6, 6.07) is 10.6. The van der Waals surface area contributed by atoms with Gasteiger partial charge in [0.25, 0.3) is 5.91 Å². The fourth-order valence-corrected chi connectivity index (χ4v) is 3.03. The van der Waals surface area contributed by atoms with Crippen LogP contribution < -0.4 is 10.6 Å². The SMILES string of the molecule is CN1CCN(C(=O)c2ccc(-n3nn[nH]c3=O)cc2)Cc2cccnc21. The van der Waals surface area contributed by atoms with E-state index >= 15 is 0 Å². The van der Waals surface area contributed by atoms with E-state index in [1.165, 1.54) is 0 Å². The third-order valence-electron chi connectivity index (χ3n) is 4.41. The number of nitrogens with zero attached hydrogens (tertiary/aromatic N) is 6. The molecule has 1 aliphatic heterocycles. The largest absolute Gasteiger partial charge is 0.365 e. The lowest BCUT2D eigenvalue weighted by atomic mass is 10.1. The number of anilines is 1. The minimum atomic E-state index is -0.427. The molecule has 1 aromatic carbocycles. The molecule has 0 bridgehead atoms. The molecular formula is C17H17N7O2. The Labute approximate surface area is 148 Å². The van der Waals surface area contributed by atoms with Gasteiger partial charge in [-0.25, -0.2) is 14.9 Å². The first-order valence-electron chi connectivity index (χ1n) is 8.18. The van der Waals surface area contributed by atoms with Gasteiger partial charge >= 0.3 is 5.69 Å². The second-order valence-electron chi connectivity index (χ2n) is 6.10. The normalized spacial score (nSPS) is 14.0. The third kappa shape index (κ3) is 2.83. The van der Waals surface area contributed by atoms with Crippen LogP contribution in [-0.2, 0) is 6.54 Å². The van der Waals surface area contributed by atoms with Crippen LogP contribution in [0.5, 0.6) is 0 Å². The summed E-state index contributed by atoms with van der Waals surface area (Å²) in [4.78, 5) is 32.8. The number of aromatic nitrogens is 5. The smallest absolute Gasteiger partial charge is 0.358 e. The summed E-state index contributed by atoms with van der Waals surface area (Å²) in [7, 11) is 1.98. The Kier molecular flexibility index (Phi) is 3.96. The number of likely N-dealkylation sites (N-methyl/N-ethyl adjacent to an activating group) is 1. The van der Waals surface area contributed by atoms with Crippen molar-refractivity contribution in [1.29, 1.82) is 0 Å². The van der Waals surface area contributed by atoms with Crippen LogP contribution in [0.2, 0.25) is 0 Å². The topological polar surface area (TPSA) is 100 Å². The van der Waals surface area contributed by atoms with E-state index in [0.29, 0.717) is 30.9 Å². The van der Waals surface area contributed by atoms with Crippen molar-refractivity contribution in [1.82, 2.24) is 30.1 Å². The Hall–Kier alpha value is -3.49. The molecule has 0 saturated carbocycles. The van der Waals surface area contributed by atoms with Crippen molar-refractivity contribution < 1.29 is 4.79 Å². The van der Waals surface area contributed by atoms with Gasteiger partial charge in [0.15, 0.2) is 0 Å². The minimum Gasteiger partial charge on any atom is -0.358 e. The lowest BCUT2D eigenvalue weighted by molar-refractivity contribution is 0.0752. The van der Waals surface area contributed by atoms with Crippen molar-refractivity contribution in [3.8, 4) is 5.69 Å². The molecule has 3 heterocycles. The molecule has 0 fully saturated rings. The molecule has 26 heavy (non-hydrogen) atoms. The van der Waals surface area contributed by atoms with E-state index in [-0.39, 0.29) is 5.91 Å². The van der Waals surface area contributed by atoms with Gasteiger partial charge in [0.1, 0.15) is 5.82 Å². The summed E-state index contributed by atoms with van der Waals surface area (Å²) in [5.41, 5.74) is 1.70. The second-order valence-corrected chi connectivity index (χ2v) is 6.10. The van der Waals surface area contributed by atoms with E-state index in [1.54, 1.807) is 35.4 Å². The molecule has 0 atom stereocenters. The number of aromatic amines is 1. The number of H-pyrrole nitrogens is 1. The van der Waals surface area contributed by atoms with Crippen LogP contribution >= 0.6 is 0 Å². The maximum Gasteiger partial charge on any atom is 0.365 e. The van der Waals surface area contributed by atoms with E-state index in [4.69, 9.17) is 0 Å². The molecule has 3 aromatic rings. The summed E-state index contributed by atoms with van der Waals surface area (Å²) in [6.07, 6.45) is 1.76. The highest BCUT2D eigenvalue weighted by atomic mass is 16.2. The Morgan fingerprint density at radius 1 is 1.15 bits per heavy atom. The number of tetrazole rings is 1. The van der Waals surface area contributed by atoms with Gasteiger partial charge in [0.2, 0.25) is 0 Å². The van der Waals surface area contributed by atoms with Crippen molar-refractivity contribution in [2.24, 2.45) is 0 Å². The molecule has 0 saturated heterocycles. The lowest BCUT2D eigenvalue weighted by Crippen LogP contribution is -2.34. The Balaban J connectivity index is 1.58. The molecule has 4 rings (SSSR count). The Bertz CT molecular complexity index is 993. The van der Waals surface area contributed by atoms with Crippen molar-refractivity contribution in [3.05, 3.63) is 64.2 Å².